The molecule has 3 rings (SSSR count). The summed E-state index contributed by atoms with van der Waals surface area (Å²) in [6.45, 7) is 0. The summed E-state index contributed by atoms with van der Waals surface area (Å²) in [5, 5.41) is 27.9. The molecule has 2 aromatic rings. The van der Waals surface area contributed by atoms with Crippen LogP contribution in [0, 0.1) is 22.7 Å². The topological polar surface area (TPSA) is 94.1 Å². The standard InChI is InChI=1S/C19H10N2O3/c20-10-13-3-1-12(2-4-13)9-16-18(22)17(19(23)24-16)15-7-5-14(11-21)6-8-15/h1-9,22H/b16-9+. The van der Waals surface area contributed by atoms with Crippen LogP contribution in [-0.4, -0.2) is 11.1 Å². The molecule has 1 heterocycles. The lowest BCUT2D eigenvalue weighted by molar-refractivity contribution is -0.131. The predicted molar refractivity (Wildman–Crippen MR) is 85.9 cm³/mol. The maximum atomic E-state index is 12.1. The number of ether oxygens (including phenoxy) is 1. The number of hydrogen-bond donors (Lipinski definition) is 1. The smallest absolute Gasteiger partial charge is 0.348 e. The summed E-state index contributed by atoms with van der Waals surface area (Å²) in [5.41, 5.74) is 2.18. The number of benzene rings is 2. The number of rotatable bonds is 2. The van der Waals surface area contributed by atoms with Crippen LogP contribution >= 0.6 is 0 Å². The first-order valence-electron chi connectivity index (χ1n) is 7.00. The van der Waals surface area contributed by atoms with E-state index < -0.39 is 5.97 Å². The Kier molecular flexibility index (Phi) is 3.84. The first-order valence-corrected chi connectivity index (χ1v) is 7.00. The summed E-state index contributed by atoms with van der Waals surface area (Å²) in [4.78, 5) is 12.1. The Morgan fingerprint density at radius 1 is 0.917 bits per heavy atom. The molecule has 0 aromatic heterocycles. The van der Waals surface area contributed by atoms with Gasteiger partial charge in [-0.25, -0.2) is 4.79 Å². The first kappa shape index (κ1) is 15.1. The summed E-state index contributed by atoms with van der Waals surface area (Å²) in [6, 6.07) is 16.9. The molecular weight excluding hydrogens is 304 g/mol. The molecule has 0 unspecified atom stereocenters. The second-order valence-corrected chi connectivity index (χ2v) is 5.04. The van der Waals surface area contributed by atoms with Crippen LogP contribution in [0.2, 0.25) is 0 Å². The highest BCUT2D eigenvalue weighted by molar-refractivity contribution is 6.20. The largest absolute Gasteiger partial charge is 0.504 e. The van der Waals surface area contributed by atoms with Crippen molar-refractivity contribution in [1.82, 2.24) is 0 Å². The van der Waals surface area contributed by atoms with Crippen LogP contribution in [0.15, 0.2) is 60.0 Å². The first-order chi connectivity index (χ1) is 11.6. The molecule has 0 aliphatic carbocycles. The van der Waals surface area contributed by atoms with E-state index in [9.17, 15) is 9.90 Å². The van der Waals surface area contributed by atoms with Gasteiger partial charge in [0, 0.05) is 0 Å². The highest BCUT2D eigenvalue weighted by Crippen LogP contribution is 2.32. The van der Waals surface area contributed by atoms with Crippen molar-refractivity contribution in [3.8, 4) is 12.1 Å². The molecule has 2 aromatic carbocycles. The molecule has 0 atom stereocenters. The zero-order valence-electron chi connectivity index (χ0n) is 12.4. The van der Waals surface area contributed by atoms with Gasteiger partial charge in [-0.15, -0.1) is 0 Å². The molecule has 0 amide bonds. The van der Waals surface area contributed by atoms with Crippen LogP contribution < -0.4 is 0 Å². The van der Waals surface area contributed by atoms with Gasteiger partial charge in [0.05, 0.1) is 23.3 Å². The minimum Gasteiger partial charge on any atom is -0.504 e. The van der Waals surface area contributed by atoms with Gasteiger partial charge in [-0.3, -0.25) is 0 Å². The lowest BCUT2D eigenvalue weighted by atomic mass is 10.0. The fourth-order valence-corrected chi connectivity index (χ4v) is 2.29. The Labute approximate surface area is 138 Å². The van der Waals surface area contributed by atoms with Crippen molar-refractivity contribution < 1.29 is 14.6 Å². The van der Waals surface area contributed by atoms with E-state index in [2.05, 4.69) is 0 Å². The third-order valence-corrected chi connectivity index (χ3v) is 3.52. The van der Waals surface area contributed by atoms with E-state index in [1.54, 1.807) is 48.5 Å². The van der Waals surface area contributed by atoms with Gasteiger partial charge in [0.2, 0.25) is 0 Å². The Balaban J connectivity index is 1.98. The Morgan fingerprint density at radius 3 is 2.00 bits per heavy atom. The van der Waals surface area contributed by atoms with Gasteiger partial charge in [0.1, 0.15) is 5.57 Å². The summed E-state index contributed by atoms with van der Waals surface area (Å²) >= 11 is 0. The van der Waals surface area contributed by atoms with Crippen molar-refractivity contribution in [2.45, 2.75) is 0 Å². The number of nitrogens with zero attached hydrogens (tertiary/aromatic N) is 2. The number of aliphatic hydroxyl groups excluding tert-OH is 1. The van der Waals surface area contributed by atoms with Crippen LogP contribution in [-0.2, 0) is 9.53 Å². The minimum atomic E-state index is -0.655. The number of carbonyl (C=O) groups is 1. The van der Waals surface area contributed by atoms with Gasteiger partial charge >= 0.3 is 5.97 Å². The molecule has 0 saturated heterocycles. The van der Waals surface area contributed by atoms with Crippen LogP contribution in [0.25, 0.3) is 11.6 Å². The predicted octanol–water partition coefficient (Wildman–Crippen LogP) is 3.30. The van der Waals surface area contributed by atoms with E-state index in [0.29, 0.717) is 22.3 Å². The molecule has 24 heavy (non-hydrogen) atoms. The molecule has 0 saturated carbocycles. The molecule has 0 bridgehead atoms. The lowest BCUT2D eigenvalue weighted by Gasteiger charge is -1.99. The Morgan fingerprint density at radius 2 is 1.46 bits per heavy atom. The van der Waals surface area contributed by atoms with Crippen LogP contribution in [0.5, 0.6) is 0 Å². The SMILES string of the molecule is N#Cc1ccc(/C=C2/OC(=O)C(c3ccc(C#N)cc3)=C2O)cc1. The quantitative estimate of drug-likeness (QED) is 0.858. The number of esters is 1. The van der Waals surface area contributed by atoms with Crippen molar-refractivity contribution >= 4 is 17.6 Å². The van der Waals surface area contributed by atoms with Crippen LogP contribution in [0.1, 0.15) is 22.3 Å². The fourth-order valence-electron chi connectivity index (χ4n) is 2.29. The monoisotopic (exact) mass is 314 g/mol. The van der Waals surface area contributed by atoms with Crippen molar-refractivity contribution in [3.05, 3.63) is 82.3 Å². The second kappa shape index (κ2) is 6.12. The highest BCUT2D eigenvalue weighted by atomic mass is 16.6. The van der Waals surface area contributed by atoms with E-state index in [0.717, 1.165) is 0 Å². The summed E-state index contributed by atoms with van der Waals surface area (Å²) in [5.74, 6) is -0.866. The molecule has 5 nitrogen and oxygen atoms in total. The Hall–Kier alpha value is -3.83. The van der Waals surface area contributed by atoms with Gasteiger partial charge in [0.25, 0.3) is 0 Å². The average Bonchev–Trinajstić information content (AvgIpc) is 2.89. The van der Waals surface area contributed by atoms with Crippen molar-refractivity contribution in [1.29, 1.82) is 10.5 Å². The molecule has 0 spiro atoms. The van der Waals surface area contributed by atoms with E-state index in [4.69, 9.17) is 15.3 Å². The van der Waals surface area contributed by atoms with E-state index in [1.165, 1.54) is 6.08 Å². The number of carbonyl (C=O) groups excluding carboxylic acids is 1. The molecule has 1 aliphatic heterocycles. The molecule has 5 heteroatoms. The third-order valence-electron chi connectivity index (χ3n) is 3.52. The average molecular weight is 314 g/mol. The summed E-state index contributed by atoms with van der Waals surface area (Å²) in [6.07, 6.45) is 1.52. The van der Waals surface area contributed by atoms with Crippen LogP contribution in [0.4, 0.5) is 0 Å². The normalized spacial score (nSPS) is 15.1. The zero-order valence-corrected chi connectivity index (χ0v) is 12.4. The molecule has 1 N–H and O–H groups in total. The summed E-state index contributed by atoms with van der Waals surface area (Å²) in [7, 11) is 0. The maximum Gasteiger partial charge on any atom is 0.348 e. The van der Waals surface area contributed by atoms with Crippen molar-refractivity contribution in [2.75, 3.05) is 0 Å². The van der Waals surface area contributed by atoms with Crippen molar-refractivity contribution in [3.63, 3.8) is 0 Å². The van der Waals surface area contributed by atoms with E-state index in [1.807, 2.05) is 12.1 Å². The Bertz CT molecular complexity index is 954. The molecule has 114 valence electrons. The van der Waals surface area contributed by atoms with Gasteiger partial charge in [-0.2, -0.15) is 10.5 Å². The van der Waals surface area contributed by atoms with Gasteiger partial charge in [-0.05, 0) is 41.5 Å². The van der Waals surface area contributed by atoms with Crippen molar-refractivity contribution in [2.24, 2.45) is 0 Å². The van der Waals surface area contributed by atoms with Gasteiger partial charge < -0.3 is 9.84 Å². The minimum absolute atomic E-state index is 0.0454. The number of hydrogen-bond acceptors (Lipinski definition) is 5. The zero-order chi connectivity index (χ0) is 17.1. The van der Waals surface area contributed by atoms with Crippen LogP contribution in [0.3, 0.4) is 0 Å². The second-order valence-electron chi connectivity index (χ2n) is 5.04. The molecule has 0 fully saturated rings. The van der Waals surface area contributed by atoms with E-state index >= 15 is 0 Å². The van der Waals surface area contributed by atoms with Gasteiger partial charge in [0.15, 0.2) is 11.5 Å². The third kappa shape index (κ3) is 2.75. The lowest BCUT2D eigenvalue weighted by Crippen LogP contribution is -1.98. The summed E-state index contributed by atoms with van der Waals surface area (Å²) < 4.78 is 5.13. The number of nitriles is 2. The molecule has 1 aliphatic rings. The molecule has 0 radical (unpaired) electrons. The number of cyclic esters (lactones) is 1. The fraction of sp³-hybridized carbons (Fsp3) is 0. The molecular formula is C19H10N2O3. The maximum absolute atomic E-state index is 12.1. The van der Waals surface area contributed by atoms with E-state index in [-0.39, 0.29) is 17.1 Å². The number of aliphatic hydroxyl groups is 1. The van der Waals surface area contributed by atoms with Gasteiger partial charge in [-0.1, -0.05) is 24.3 Å². The highest BCUT2D eigenvalue weighted by Gasteiger charge is 2.31.